The third-order valence-corrected chi connectivity index (χ3v) is 3.42. The summed E-state index contributed by atoms with van der Waals surface area (Å²) in [5.41, 5.74) is 0.285. The maximum Gasteiger partial charge on any atom is 0.416 e. The molecule has 0 saturated heterocycles. The van der Waals surface area contributed by atoms with Gasteiger partial charge in [-0.25, -0.2) is 4.98 Å². The smallest absolute Gasteiger partial charge is 0.416 e. The summed E-state index contributed by atoms with van der Waals surface area (Å²) in [5, 5.41) is 2.61. The topological polar surface area (TPSA) is 68.0 Å². The summed E-state index contributed by atoms with van der Waals surface area (Å²) in [6, 6.07) is 7.40. The Balaban J connectivity index is 1.71. The zero-order chi connectivity index (χ0) is 17.9. The van der Waals surface area contributed by atoms with E-state index in [2.05, 4.69) is 15.3 Å². The molecule has 0 aliphatic carbocycles. The van der Waals surface area contributed by atoms with E-state index < -0.39 is 17.6 Å². The van der Waals surface area contributed by atoms with Gasteiger partial charge in [-0.15, -0.1) is 0 Å². The molecule has 25 heavy (non-hydrogen) atoms. The van der Waals surface area contributed by atoms with Gasteiger partial charge in [-0.2, -0.15) is 13.2 Å². The van der Waals surface area contributed by atoms with Crippen LogP contribution in [-0.4, -0.2) is 15.9 Å². The average Bonchev–Trinajstić information content (AvgIpc) is 3.14. The highest BCUT2D eigenvalue weighted by Crippen LogP contribution is 2.29. The molecule has 0 aliphatic rings. The lowest BCUT2D eigenvalue weighted by Gasteiger charge is -2.09. The Morgan fingerprint density at radius 1 is 1.08 bits per heavy atom. The van der Waals surface area contributed by atoms with E-state index in [1.54, 1.807) is 12.1 Å². The average molecular weight is 347 g/mol. The van der Waals surface area contributed by atoms with Crippen molar-refractivity contribution in [3.05, 3.63) is 71.9 Å². The highest BCUT2D eigenvalue weighted by atomic mass is 19.4. The number of aromatic nitrogens is 2. The van der Waals surface area contributed by atoms with Crippen LogP contribution in [0.15, 0.2) is 59.5 Å². The van der Waals surface area contributed by atoms with Gasteiger partial charge in [0.1, 0.15) is 5.69 Å². The van der Waals surface area contributed by atoms with Crippen molar-refractivity contribution >= 4 is 5.91 Å². The van der Waals surface area contributed by atoms with Crippen LogP contribution < -0.4 is 5.32 Å². The third-order valence-electron chi connectivity index (χ3n) is 3.42. The standard InChI is InChI=1S/C17H12F3N3O2/c18-17(19,20)12-5-3-11(4-6-12)16(24)23-10-13-15(22-8-7-21-13)14-2-1-9-25-14/h1-9H,10H2,(H,23,24). The molecule has 2 heterocycles. The Morgan fingerprint density at radius 2 is 1.80 bits per heavy atom. The third kappa shape index (κ3) is 3.85. The molecule has 3 aromatic rings. The van der Waals surface area contributed by atoms with E-state index in [0.717, 1.165) is 24.3 Å². The minimum absolute atomic E-state index is 0.0593. The van der Waals surface area contributed by atoms with Crippen LogP contribution in [0, 0.1) is 0 Å². The van der Waals surface area contributed by atoms with Crippen molar-refractivity contribution in [1.82, 2.24) is 15.3 Å². The second-order valence-corrected chi connectivity index (χ2v) is 5.09. The fraction of sp³-hybridized carbons (Fsp3) is 0.118. The predicted octanol–water partition coefficient (Wildman–Crippen LogP) is 3.69. The summed E-state index contributed by atoms with van der Waals surface area (Å²) >= 11 is 0. The summed E-state index contributed by atoms with van der Waals surface area (Å²) < 4.78 is 42.9. The molecule has 128 valence electrons. The molecule has 3 rings (SSSR count). The van der Waals surface area contributed by atoms with Crippen molar-refractivity contribution in [2.24, 2.45) is 0 Å². The van der Waals surface area contributed by atoms with E-state index in [0.29, 0.717) is 17.1 Å². The first-order valence-electron chi connectivity index (χ1n) is 7.24. The molecule has 1 N–H and O–H groups in total. The van der Waals surface area contributed by atoms with Crippen LogP contribution in [-0.2, 0) is 12.7 Å². The van der Waals surface area contributed by atoms with E-state index >= 15 is 0 Å². The molecule has 5 nitrogen and oxygen atoms in total. The molecule has 0 atom stereocenters. The van der Waals surface area contributed by atoms with Gasteiger partial charge in [0.2, 0.25) is 0 Å². The number of nitrogens with one attached hydrogen (secondary N) is 1. The summed E-state index contributed by atoms with van der Waals surface area (Å²) in [4.78, 5) is 20.5. The minimum atomic E-state index is -4.44. The zero-order valence-electron chi connectivity index (χ0n) is 12.7. The van der Waals surface area contributed by atoms with Crippen molar-refractivity contribution in [3.63, 3.8) is 0 Å². The Kier molecular flexibility index (Phi) is 4.51. The molecular weight excluding hydrogens is 335 g/mol. The molecule has 1 amide bonds. The van der Waals surface area contributed by atoms with E-state index in [-0.39, 0.29) is 12.1 Å². The van der Waals surface area contributed by atoms with Crippen LogP contribution in [0.5, 0.6) is 0 Å². The van der Waals surface area contributed by atoms with E-state index in [1.165, 1.54) is 18.7 Å². The van der Waals surface area contributed by atoms with E-state index in [4.69, 9.17) is 4.42 Å². The van der Waals surface area contributed by atoms with Crippen molar-refractivity contribution in [1.29, 1.82) is 0 Å². The molecule has 8 heteroatoms. The number of carbonyl (C=O) groups is 1. The van der Waals surface area contributed by atoms with Crippen molar-refractivity contribution < 1.29 is 22.4 Å². The molecule has 0 unspecified atom stereocenters. The lowest BCUT2D eigenvalue weighted by molar-refractivity contribution is -0.137. The quantitative estimate of drug-likeness (QED) is 0.782. The lowest BCUT2D eigenvalue weighted by Crippen LogP contribution is -2.24. The fourth-order valence-corrected chi connectivity index (χ4v) is 2.19. The molecule has 1 aromatic carbocycles. The second kappa shape index (κ2) is 6.76. The Labute approximate surface area is 140 Å². The van der Waals surface area contributed by atoms with Gasteiger partial charge in [-0.1, -0.05) is 0 Å². The van der Waals surface area contributed by atoms with Crippen LogP contribution >= 0.6 is 0 Å². The Bertz CT molecular complexity index is 860. The van der Waals surface area contributed by atoms with Gasteiger partial charge in [0.25, 0.3) is 5.91 Å². The highest BCUT2D eigenvalue weighted by molar-refractivity contribution is 5.94. The maximum atomic E-state index is 12.5. The van der Waals surface area contributed by atoms with Crippen LogP contribution in [0.3, 0.4) is 0 Å². The van der Waals surface area contributed by atoms with E-state index in [9.17, 15) is 18.0 Å². The summed E-state index contributed by atoms with van der Waals surface area (Å²) in [7, 11) is 0. The maximum absolute atomic E-state index is 12.5. The molecule has 0 radical (unpaired) electrons. The number of rotatable bonds is 4. The SMILES string of the molecule is O=C(NCc1nccnc1-c1ccco1)c1ccc(C(F)(F)F)cc1. The molecule has 0 spiro atoms. The highest BCUT2D eigenvalue weighted by Gasteiger charge is 2.30. The van der Waals surface area contributed by atoms with Gasteiger partial charge in [0.15, 0.2) is 5.76 Å². The van der Waals surface area contributed by atoms with Gasteiger partial charge >= 0.3 is 6.18 Å². The van der Waals surface area contributed by atoms with Crippen LogP contribution in [0.25, 0.3) is 11.5 Å². The monoisotopic (exact) mass is 347 g/mol. The Hall–Kier alpha value is -3.16. The zero-order valence-corrected chi connectivity index (χ0v) is 12.7. The van der Waals surface area contributed by atoms with Crippen LogP contribution in [0.2, 0.25) is 0 Å². The van der Waals surface area contributed by atoms with Crippen molar-refractivity contribution in [3.8, 4) is 11.5 Å². The number of nitrogens with zero attached hydrogens (tertiary/aromatic N) is 2. The largest absolute Gasteiger partial charge is 0.463 e. The number of benzene rings is 1. The lowest BCUT2D eigenvalue weighted by atomic mass is 10.1. The van der Waals surface area contributed by atoms with Gasteiger partial charge in [-0.3, -0.25) is 9.78 Å². The summed E-state index contributed by atoms with van der Waals surface area (Å²) in [6.07, 6.45) is 0.0340. The summed E-state index contributed by atoms with van der Waals surface area (Å²) in [6.45, 7) is 0.0593. The number of hydrogen-bond acceptors (Lipinski definition) is 4. The van der Waals surface area contributed by atoms with Crippen LogP contribution in [0.4, 0.5) is 13.2 Å². The molecule has 2 aromatic heterocycles. The summed E-state index contributed by atoms with van der Waals surface area (Å²) in [5.74, 6) is -0.00310. The Morgan fingerprint density at radius 3 is 2.44 bits per heavy atom. The van der Waals surface area contributed by atoms with Gasteiger partial charge < -0.3 is 9.73 Å². The van der Waals surface area contributed by atoms with Crippen LogP contribution in [0.1, 0.15) is 21.6 Å². The normalized spacial score (nSPS) is 11.3. The first-order valence-corrected chi connectivity index (χ1v) is 7.24. The predicted molar refractivity (Wildman–Crippen MR) is 82.3 cm³/mol. The second-order valence-electron chi connectivity index (χ2n) is 5.09. The fourth-order valence-electron chi connectivity index (χ4n) is 2.19. The number of hydrogen-bond donors (Lipinski definition) is 1. The number of amides is 1. The molecule has 0 fully saturated rings. The number of alkyl halides is 3. The first-order chi connectivity index (χ1) is 11.9. The number of halogens is 3. The first kappa shape index (κ1) is 16.7. The number of carbonyl (C=O) groups excluding carboxylic acids is 1. The molecule has 0 aliphatic heterocycles. The minimum Gasteiger partial charge on any atom is -0.463 e. The number of furan rings is 1. The molecule has 0 bridgehead atoms. The van der Waals surface area contributed by atoms with Crippen molar-refractivity contribution in [2.45, 2.75) is 12.7 Å². The molecule has 0 saturated carbocycles. The van der Waals surface area contributed by atoms with Crippen molar-refractivity contribution in [2.75, 3.05) is 0 Å². The van der Waals surface area contributed by atoms with Gasteiger partial charge in [-0.05, 0) is 36.4 Å². The van der Waals surface area contributed by atoms with E-state index in [1.807, 2.05) is 0 Å². The van der Waals surface area contributed by atoms with Gasteiger partial charge in [0, 0.05) is 18.0 Å². The van der Waals surface area contributed by atoms with Gasteiger partial charge in [0.05, 0.1) is 24.1 Å². The molecular formula is C17H12F3N3O2.